The van der Waals surface area contributed by atoms with E-state index in [0.29, 0.717) is 15.8 Å². The van der Waals surface area contributed by atoms with Gasteiger partial charge in [0.15, 0.2) is 0 Å². The monoisotopic (exact) mass is 379 g/mol. The third-order valence-corrected chi connectivity index (χ3v) is 4.01. The predicted molar refractivity (Wildman–Crippen MR) is 90.9 cm³/mol. The number of halogens is 3. The van der Waals surface area contributed by atoms with Crippen LogP contribution in [0.5, 0.6) is 0 Å². The molecule has 0 aliphatic carbocycles. The molecular weight excluding hydrogens is 363 g/mol. The number of benzene rings is 1. The molecule has 3 aromatic rings. The Morgan fingerprint density at radius 2 is 2.04 bits per heavy atom. The van der Waals surface area contributed by atoms with Crippen LogP contribution in [0.2, 0.25) is 0 Å². The molecule has 6 nitrogen and oxygen atoms in total. The molecule has 0 spiro atoms. The van der Waals surface area contributed by atoms with Crippen molar-refractivity contribution < 1.29 is 22.4 Å². The summed E-state index contributed by atoms with van der Waals surface area (Å²) in [5.41, 5.74) is 0.801. The second-order valence-electron chi connectivity index (χ2n) is 6.09. The minimum atomic E-state index is -4.58. The average molecular weight is 379 g/mol. The predicted octanol–water partition coefficient (Wildman–Crippen LogP) is 2.89. The van der Waals surface area contributed by atoms with E-state index < -0.39 is 30.7 Å². The van der Waals surface area contributed by atoms with E-state index in [1.807, 2.05) is 0 Å². The van der Waals surface area contributed by atoms with Crippen LogP contribution in [0, 0.1) is 6.92 Å². The normalized spacial score (nSPS) is 11.7. The van der Waals surface area contributed by atoms with Gasteiger partial charge in [0.25, 0.3) is 5.56 Å². The van der Waals surface area contributed by atoms with Gasteiger partial charge in [0.1, 0.15) is 18.8 Å². The second kappa shape index (κ2) is 7.26. The molecule has 0 saturated heterocycles. The molecule has 0 aliphatic rings. The average Bonchev–Trinajstić information content (AvgIpc) is 3.09. The standard InChI is InChI=1S/C18H16F3N3O3/c1-12-4-2-6-14-16(12)22-11-24(17(14)26)9-15(25)23(10-18(19,20)21)8-13-5-3-7-27-13/h2-7,11H,8-10H2,1H3. The molecule has 0 radical (unpaired) electrons. The van der Waals surface area contributed by atoms with Gasteiger partial charge in [0, 0.05) is 0 Å². The zero-order valence-electron chi connectivity index (χ0n) is 14.4. The van der Waals surface area contributed by atoms with E-state index in [1.54, 1.807) is 25.1 Å². The molecule has 2 heterocycles. The first kappa shape index (κ1) is 18.7. The second-order valence-corrected chi connectivity index (χ2v) is 6.09. The summed E-state index contributed by atoms with van der Waals surface area (Å²) in [6.45, 7) is -0.549. The van der Waals surface area contributed by atoms with E-state index in [1.165, 1.54) is 24.7 Å². The molecule has 1 amide bonds. The van der Waals surface area contributed by atoms with Crippen molar-refractivity contribution in [1.29, 1.82) is 0 Å². The quantitative estimate of drug-likeness (QED) is 0.684. The van der Waals surface area contributed by atoms with Gasteiger partial charge < -0.3 is 9.32 Å². The van der Waals surface area contributed by atoms with Crippen molar-refractivity contribution in [3.05, 3.63) is 64.6 Å². The van der Waals surface area contributed by atoms with Gasteiger partial charge in [0.05, 0.1) is 30.0 Å². The number of carbonyl (C=O) groups excluding carboxylic acids is 1. The summed E-state index contributed by atoms with van der Waals surface area (Å²) in [5.74, 6) is -0.646. The number of carbonyl (C=O) groups is 1. The van der Waals surface area contributed by atoms with Crippen molar-refractivity contribution in [3.8, 4) is 0 Å². The number of rotatable bonds is 5. The minimum Gasteiger partial charge on any atom is -0.467 e. The summed E-state index contributed by atoms with van der Waals surface area (Å²) in [7, 11) is 0. The molecule has 3 rings (SSSR count). The summed E-state index contributed by atoms with van der Waals surface area (Å²) in [4.78, 5) is 29.8. The number of fused-ring (bicyclic) bond motifs is 1. The van der Waals surface area contributed by atoms with Crippen molar-refractivity contribution in [3.63, 3.8) is 0 Å². The lowest BCUT2D eigenvalue weighted by Gasteiger charge is -2.23. The van der Waals surface area contributed by atoms with Gasteiger partial charge in [-0.25, -0.2) is 4.98 Å². The molecule has 0 saturated carbocycles. The van der Waals surface area contributed by atoms with Crippen molar-refractivity contribution in [2.24, 2.45) is 0 Å². The fraction of sp³-hybridized carbons (Fsp3) is 0.278. The number of furan rings is 1. The number of aromatic nitrogens is 2. The number of aryl methyl sites for hydroxylation is 1. The van der Waals surface area contributed by atoms with E-state index in [-0.39, 0.29) is 12.3 Å². The van der Waals surface area contributed by atoms with E-state index >= 15 is 0 Å². The van der Waals surface area contributed by atoms with Crippen molar-refractivity contribution in [2.75, 3.05) is 6.54 Å². The maximum atomic E-state index is 12.9. The first-order chi connectivity index (χ1) is 12.7. The summed E-state index contributed by atoms with van der Waals surface area (Å²) in [5, 5.41) is 0.304. The Balaban J connectivity index is 1.87. The third-order valence-electron chi connectivity index (χ3n) is 4.01. The molecule has 9 heteroatoms. The zero-order chi connectivity index (χ0) is 19.6. The van der Waals surface area contributed by atoms with E-state index in [9.17, 15) is 22.8 Å². The number of para-hydroxylation sites is 1. The van der Waals surface area contributed by atoms with Crippen LogP contribution >= 0.6 is 0 Å². The van der Waals surface area contributed by atoms with Crippen LogP contribution < -0.4 is 5.56 Å². The van der Waals surface area contributed by atoms with E-state index in [0.717, 1.165) is 10.1 Å². The number of hydrogen-bond donors (Lipinski definition) is 0. The lowest BCUT2D eigenvalue weighted by molar-refractivity contribution is -0.163. The molecule has 0 N–H and O–H groups in total. The Morgan fingerprint density at radius 3 is 2.70 bits per heavy atom. The Morgan fingerprint density at radius 1 is 1.26 bits per heavy atom. The van der Waals surface area contributed by atoms with Gasteiger partial charge in [0.2, 0.25) is 5.91 Å². The highest BCUT2D eigenvalue weighted by Gasteiger charge is 2.33. The minimum absolute atomic E-state index is 0.215. The number of hydrogen-bond acceptors (Lipinski definition) is 4. The molecular formula is C18H16F3N3O3. The van der Waals surface area contributed by atoms with Gasteiger partial charge in [-0.1, -0.05) is 12.1 Å². The van der Waals surface area contributed by atoms with Gasteiger partial charge in [-0.05, 0) is 30.7 Å². The van der Waals surface area contributed by atoms with Crippen LogP contribution in [-0.4, -0.2) is 33.1 Å². The highest BCUT2D eigenvalue weighted by atomic mass is 19.4. The highest BCUT2D eigenvalue weighted by molar-refractivity contribution is 5.81. The van der Waals surface area contributed by atoms with Crippen LogP contribution in [0.1, 0.15) is 11.3 Å². The Kier molecular flexibility index (Phi) is 5.02. The zero-order valence-corrected chi connectivity index (χ0v) is 14.4. The summed E-state index contributed by atoms with van der Waals surface area (Å²) in [6, 6.07) is 8.03. The largest absolute Gasteiger partial charge is 0.467 e. The van der Waals surface area contributed by atoms with Gasteiger partial charge in [-0.2, -0.15) is 13.2 Å². The maximum Gasteiger partial charge on any atom is 0.406 e. The first-order valence-corrected chi connectivity index (χ1v) is 8.06. The lowest BCUT2D eigenvalue weighted by atomic mass is 10.1. The molecule has 0 aliphatic heterocycles. The van der Waals surface area contributed by atoms with Crippen LogP contribution in [0.15, 0.2) is 52.1 Å². The van der Waals surface area contributed by atoms with E-state index in [2.05, 4.69) is 4.98 Å². The Hall–Kier alpha value is -3.10. The molecule has 2 aromatic heterocycles. The van der Waals surface area contributed by atoms with Crippen LogP contribution in [0.3, 0.4) is 0 Å². The van der Waals surface area contributed by atoms with Gasteiger partial charge in [-0.3, -0.25) is 14.2 Å². The molecule has 0 atom stereocenters. The van der Waals surface area contributed by atoms with Crippen molar-refractivity contribution in [1.82, 2.24) is 14.5 Å². The maximum absolute atomic E-state index is 12.9. The molecule has 27 heavy (non-hydrogen) atoms. The summed E-state index contributed by atoms with van der Waals surface area (Å²) < 4.78 is 44.6. The summed E-state index contributed by atoms with van der Waals surface area (Å²) in [6.07, 6.45) is -2.09. The number of amides is 1. The fourth-order valence-electron chi connectivity index (χ4n) is 2.74. The molecule has 142 valence electrons. The molecule has 0 bridgehead atoms. The smallest absolute Gasteiger partial charge is 0.406 e. The summed E-state index contributed by atoms with van der Waals surface area (Å²) >= 11 is 0. The molecule has 0 fully saturated rings. The van der Waals surface area contributed by atoms with Gasteiger partial charge >= 0.3 is 6.18 Å². The number of alkyl halides is 3. The fourth-order valence-corrected chi connectivity index (χ4v) is 2.74. The molecule has 1 aromatic carbocycles. The molecule has 0 unspecified atom stereocenters. The van der Waals surface area contributed by atoms with Crippen molar-refractivity contribution in [2.45, 2.75) is 26.2 Å². The van der Waals surface area contributed by atoms with Crippen LogP contribution in [0.25, 0.3) is 10.9 Å². The Bertz CT molecular complexity index is 1010. The van der Waals surface area contributed by atoms with Crippen molar-refractivity contribution >= 4 is 16.8 Å². The highest BCUT2D eigenvalue weighted by Crippen LogP contribution is 2.19. The Labute approximate surface area is 151 Å². The van der Waals surface area contributed by atoms with Crippen LogP contribution in [0.4, 0.5) is 13.2 Å². The lowest BCUT2D eigenvalue weighted by Crippen LogP contribution is -2.41. The topological polar surface area (TPSA) is 68.3 Å². The van der Waals surface area contributed by atoms with Crippen LogP contribution in [-0.2, 0) is 17.9 Å². The third kappa shape index (κ3) is 4.36. The van der Waals surface area contributed by atoms with Gasteiger partial charge in [-0.15, -0.1) is 0 Å². The SMILES string of the molecule is Cc1cccc2c(=O)n(CC(=O)N(Cc3ccco3)CC(F)(F)F)cnc12. The number of nitrogens with zero attached hydrogens (tertiary/aromatic N) is 3. The first-order valence-electron chi connectivity index (χ1n) is 8.06. The van der Waals surface area contributed by atoms with E-state index in [4.69, 9.17) is 4.42 Å².